The largest absolute Gasteiger partial charge is 0.326 e. The summed E-state index contributed by atoms with van der Waals surface area (Å²) in [4.78, 5) is 31.0. The number of rotatable bonds is 5. The molecule has 2 aliphatic rings. The van der Waals surface area contributed by atoms with Crippen molar-refractivity contribution < 1.29 is 14.0 Å². The van der Waals surface area contributed by atoms with Crippen LogP contribution in [0.2, 0.25) is 0 Å². The minimum Gasteiger partial charge on any atom is -0.326 e. The summed E-state index contributed by atoms with van der Waals surface area (Å²) in [6, 6.07) is 25.4. The monoisotopic (exact) mass is 479 g/mol. The fourth-order valence-electron chi connectivity index (χ4n) is 5.06. The van der Waals surface area contributed by atoms with Gasteiger partial charge in [-0.3, -0.25) is 14.5 Å². The lowest BCUT2D eigenvalue weighted by Crippen LogP contribution is -2.47. The van der Waals surface area contributed by atoms with Gasteiger partial charge in [-0.2, -0.15) is 0 Å². The summed E-state index contributed by atoms with van der Waals surface area (Å²) < 4.78 is 15.6. The van der Waals surface area contributed by atoms with Crippen LogP contribution < -0.4 is 4.90 Å². The molecule has 0 saturated heterocycles. The fourth-order valence-corrected chi connectivity index (χ4v) is 5.06. The summed E-state index contributed by atoms with van der Waals surface area (Å²) in [5.74, 6) is -0.788. The highest BCUT2D eigenvalue weighted by Crippen LogP contribution is 2.42. The molecule has 1 aliphatic heterocycles. The van der Waals surface area contributed by atoms with Crippen LogP contribution >= 0.6 is 0 Å². The van der Waals surface area contributed by atoms with E-state index in [0.29, 0.717) is 5.56 Å². The maximum atomic E-state index is 14.1. The Labute approximate surface area is 209 Å². The summed E-state index contributed by atoms with van der Waals surface area (Å²) in [7, 11) is 0. The van der Waals surface area contributed by atoms with Crippen molar-refractivity contribution in [2.45, 2.75) is 31.8 Å². The topological polar surface area (TPSA) is 45.6 Å². The van der Waals surface area contributed by atoms with E-state index in [4.69, 9.17) is 0 Å². The standard InChI is InChI=1S/C30H26FN3O2/c1-20-8-10-21(11-9-20)29-27-7-4-18-32(27)25-5-2-3-6-26(25)34(29)28(35)19-33(24-16-17-24)30(36)22-12-14-23(31)15-13-22/h2-15,18,24,29H,16-17,19H2,1H3. The number of aryl methyl sites for hydroxylation is 1. The third-order valence-corrected chi connectivity index (χ3v) is 7.03. The van der Waals surface area contributed by atoms with Gasteiger partial charge in [-0.05, 0) is 73.9 Å². The van der Waals surface area contributed by atoms with Gasteiger partial charge in [-0.15, -0.1) is 0 Å². The third-order valence-electron chi connectivity index (χ3n) is 7.03. The Morgan fingerprint density at radius 3 is 2.28 bits per heavy atom. The van der Waals surface area contributed by atoms with Crippen LogP contribution in [0.4, 0.5) is 10.1 Å². The van der Waals surface area contributed by atoms with Crippen molar-refractivity contribution in [3.63, 3.8) is 0 Å². The lowest BCUT2D eigenvalue weighted by Gasteiger charge is -2.39. The molecule has 36 heavy (non-hydrogen) atoms. The van der Waals surface area contributed by atoms with E-state index in [0.717, 1.165) is 41.0 Å². The number of fused-ring (bicyclic) bond motifs is 3. The summed E-state index contributed by atoms with van der Waals surface area (Å²) >= 11 is 0. The molecule has 0 spiro atoms. The summed E-state index contributed by atoms with van der Waals surface area (Å²) in [6.07, 6.45) is 3.74. The van der Waals surface area contributed by atoms with Gasteiger partial charge < -0.3 is 9.47 Å². The van der Waals surface area contributed by atoms with E-state index < -0.39 is 5.82 Å². The second-order valence-corrected chi connectivity index (χ2v) is 9.54. The van der Waals surface area contributed by atoms with Crippen LogP contribution in [0.25, 0.3) is 5.69 Å². The van der Waals surface area contributed by atoms with Crippen molar-refractivity contribution in [1.82, 2.24) is 9.47 Å². The number of carbonyl (C=O) groups is 2. The number of hydrogen-bond acceptors (Lipinski definition) is 2. The normalized spacial score (nSPS) is 16.3. The molecule has 2 heterocycles. The number of hydrogen-bond donors (Lipinski definition) is 0. The van der Waals surface area contributed by atoms with Crippen LogP contribution in [-0.4, -0.2) is 33.9 Å². The van der Waals surface area contributed by atoms with Crippen LogP contribution in [-0.2, 0) is 4.79 Å². The first kappa shape index (κ1) is 22.3. The van der Waals surface area contributed by atoms with Crippen molar-refractivity contribution in [3.8, 4) is 5.69 Å². The van der Waals surface area contributed by atoms with Crippen LogP contribution in [0.3, 0.4) is 0 Å². The Bertz CT molecular complexity index is 1440. The first-order valence-electron chi connectivity index (χ1n) is 12.2. The van der Waals surface area contributed by atoms with E-state index >= 15 is 0 Å². The average molecular weight is 480 g/mol. The van der Waals surface area contributed by atoms with Gasteiger partial charge in [0.15, 0.2) is 0 Å². The van der Waals surface area contributed by atoms with Gasteiger partial charge in [-0.25, -0.2) is 4.39 Å². The smallest absolute Gasteiger partial charge is 0.254 e. The van der Waals surface area contributed by atoms with E-state index in [9.17, 15) is 14.0 Å². The fraction of sp³-hybridized carbons (Fsp3) is 0.200. The van der Waals surface area contributed by atoms with Gasteiger partial charge in [0.05, 0.1) is 17.1 Å². The SMILES string of the molecule is Cc1ccc(C2c3cccn3-c3ccccc3N2C(=O)CN(C(=O)c2ccc(F)cc2)C2CC2)cc1. The third kappa shape index (κ3) is 3.88. The summed E-state index contributed by atoms with van der Waals surface area (Å²) in [6.45, 7) is 2.00. The molecule has 1 aliphatic carbocycles. The molecule has 0 N–H and O–H groups in total. The number of nitrogens with zero attached hydrogens (tertiary/aromatic N) is 3. The van der Waals surface area contributed by atoms with E-state index in [1.165, 1.54) is 24.3 Å². The molecule has 1 aromatic heterocycles. The maximum Gasteiger partial charge on any atom is 0.254 e. The Morgan fingerprint density at radius 2 is 1.58 bits per heavy atom. The molecule has 0 radical (unpaired) electrons. The molecule has 3 aromatic carbocycles. The number of carbonyl (C=O) groups excluding carboxylic acids is 2. The molecule has 180 valence electrons. The van der Waals surface area contributed by atoms with Gasteiger partial charge >= 0.3 is 0 Å². The highest BCUT2D eigenvalue weighted by atomic mass is 19.1. The number of benzene rings is 3. The minimum absolute atomic E-state index is 0.0215. The molecule has 1 fully saturated rings. The Morgan fingerprint density at radius 1 is 0.889 bits per heavy atom. The zero-order chi connectivity index (χ0) is 24.8. The van der Waals surface area contributed by atoms with Crippen molar-refractivity contribution in [2.75, 3.05) is 11.4 Å². The minimum atomic E-state index is -0.394. The number of para-hydroxylation sites is 2. The summed E-state index contributed by atoms with van der Waals surface area (Å²) in [5, 5.41) is 0. The van der Waals surface area contributed by atoms with E-state index in [1.54, 1.807) is 4.90 Å². The molecule has 1 atom stereocenters. The first-order chi connectivity index (χ1) is 17.5. The number of halogens is 1. The molecule has 6 rings (SSSR count). The van der Waals surface area contributed by atoms with Gasteiger partial charge in [0.25, 0.3) is 5.91 Å². The predicted octanol–water partition coefficient (Wildman–Crippen LogP) is 5.67. The Hall–Kier alpha value is -4.19. The molecular weight excluding hydrogens is 453 g/mol. The van der Waals surface area contributed by atoms with Crippen molar-refractivity contribution in [1.29, 1.82) is 0 Å². The second-order valence-electron chi connectivity index (χ2n) is 9.54. The molecule has 5 nitrogen and oxygen atoms in total. The highest BCUT2D eigenvalue weighted by Gasteiger charge is 2.40. The number of aromatic nitrogens is 1. The zero-order valence-electron chi connectivity index (χ0n) is 20.0. The van der Waals surface area contributed by atoms with Gasteiger partial charge in [0.2, 0.25) is 5.91 Å². The number of amides is 2. The van der Waals surface area contributed by atoms with Crippen molar-refractivity contribution in [2.24, 2.45) is 0 Å². The van der Waals surface area contributed by atoms with Gasteiger partial charge in [-0.1, -0.05) is 42.0 Å². The lowest BCUT2D eigenvalue weighted by atomic mass is 9.97. The van der Waals surface area contributed by atoms with Crippen LogP contribution in [0, 0.1) is 12.7 Å². The van der Waals surface area contributed by atoms with Crippen LogP contribution in [0.15, 0.2) is 91.1 Å². The van der Waals surface area contributed by atoms with E-state index in [1.807, 2.05) is 54.4 Å². The molecule has 1 unspecified atom stereocenters. The molecule has 2 amide bonds. The second kappa shape index (κ2) is 8.79. The number of anilines is 1. The van der Waals surface area contributed by atoms with E-state index in [-0.39, 0.29) is 30.4 Å². The molecule has 0 bridgehead atoms. The molecule has 6 heteroatoms. The maximum absolute atomic E-state index is 14.1. The quantitative estimate of drug-likeness (QED) is 0.371. The highest BCUT2D eigenvalue weighted by molar-refractivity contribution is 6.02. The van der Waals surface area contributed by atoms with Gasteiger partial charge in [0, 0.05) is 17.8 Å². The Kier molecular flexibility index (Phi) is 5.44. The Balaban J connectivity index is 1.40. The zero-order valence-corrected chi connectivity index (χ0v) is 20.0. The molecular formula is C30H26FN3O2. The molecule has 4 aromatic rings. The lowest BCUT2D eigenvalue weighted by molar-refractivity contribution is -0.119. The van der Waals surface area contributed by atoms with Crippen LogP contribution in [0.1, 0.15) is 46.1 Å². The van der Waals surface area contributed by atoms with Crippen LogP contribution in [0.5, 0.6) is 0 Å². The first-order valence-corrected chi connectivity index (χ1v) is 12.2. The van der Waals surface area contributed by atoms with Gasteiger partial charge in [0.1, 0.15) is 18.4 Å². The molecule has 1 saturated carbocycles. The van der Waals surface area contributed by atoms with E-state index in [2.05, 4.69) is 28.8 Å². The van der Waals surface area contributed by atoms with Crippen molar-refractivity contribution >= 4 is 17.5 Å². The average Bonchev–Trinajstić information content (AvgIpc) is 3.62. The van der Waals surface area contributed by atoms with Crippen molar-refractivity contribution in [3.05, 3.63) is 119 Å². The summed E-state index contributed by atoms with van der Waals surface area (Å²) in [5.41, 5.74) is 5.27. The predicted molar refractivity (Wildman–Crippen MR) is 137 cm³/mol.